The third-order valence-corrected chi connectivity index (χ3v) is 5.29. The molecule has 0 bridgehead atoms. The average molecular weight is 449 g/mol. The number of rotatable bonds is 8. The fourth-order valence-corrected chi connectivity index (χ4v) is 3.68. The topological polar surface area (TPSA) is 91.4 Å². The molecule has 4 rings (SSSR count). The Bertz CT molecular complexity index is 1270. The van der Waals surface area contributed by atoms with Gasteiger partial charge in [0, 0.05) is 24.4 Å². The normalized spacial score (nSPS) is 11.3. The summed E-state index contributed by atoms with van der Waals surface area (Å²) in [5, 5.41) is 8.15. The van der Waals surface area contributed by atoms with Gasteiger partial charge < -0.3 is 19.2 Å². The lowest BCUT2D eigenvalue weighted by Gasteiger charge is -2.11. The molecule has 1 N–H and O–H groups in total. The van der Waals surface area contributed by atoms with E-state index in [0.29, 0.717) is 46.9 Å². The predicted octanol–water partition coefficient (Wildman–Crippen LogP) is 5.17. The molecule has 4 aromatic rings. The monoisotopic (exact) mass is 448 g/mol. The van der Waals surface area contributed by atoms with E-state index >= 15 is 0 Å². The Morgan fingerprint density at radius 2 is 1.91 bits per heavy atom. The Morgan fingerprint density at radius 1 is 1.15 bits per heavy atom. The number of nitrogens with zero attached hydrogens (tertiary/aromatic N) is 3. The van der Waals surface area contributed by atoms with Crippen LogP contribution in [0.25, 0.3) is 22.3 Å². The van der Waals surface area contributed by atoms with Gasteiger partial charge in [0.1, 0.15) is 23.9 Å². The van der Waals surface area contributed by atoms with Gasteiger partial charge in [-0.1, -0.05) is 0 Å². The van der Waals surface area contributed by atoms with Crippen LogP contribution in [0.4, 0.5) is 5.69 Å². The van der Waals surface area contributed by atoms with E-state index in [9.17, 15) is 4.79 Å². The van der Waals surface area contributed by atoms with Crippen molar-refractivity contribution < 1.29 is 18.7 Å². The standard InChI is InChI=1S/C25H28N4O4/c1-15(2)29-24-22(14-26-29)21(13-23(28-24)20-12-16(3)33-17(20)4)25(30)27-18-6-8-19(9-7-18)32-11-10-31-5/h6-9,12-15H,10-11H2,1-5H3,(H,27,30). The van der Waals surface area contributed by atoms with Crippen molar-refractivity contribution >= 4 is 22.6 Å². The van der Waals surface area contributed by atoms with E-state index in [1.165, 1.54) is 0 Å². The molecule has 3 aromatic heterocycles. The highest BCUT2D eigenvalue weighted by Crippen LogP contribution is 2.30. The van der Waals surface area contributed by atoms with E-state index in [-0.39, 0.29) is 11.9 Å². The van der Waals surface area contributed by atoms with Crippen LogP contribution in [0.1, 0.15) is 41.8 Å². The number of amides is 1. The number of aryl methyl sites for hydroxylation is 2. The molecule has 0 saturated carbocycles. The summed E-state index contributed by atoms with van der Waals surface area (Å²) in [7, 11) is 1.63. The molecular formula is C25H28N4O4. The molecule has 172 valence electrons. The van der Waals surface area contributed by atoms with Crippen LogP contribution in [0.2, 0.25) is 0 Å². The summed E-state index contributed by atoms with van der Waals surface area (Å²) in [5.41, 5.74) is 3.36. The van der Waals surface area contributed by atoms with Gasteiger partial charge >= 0.3 is 0 Å². The maximum Gasteiger partial charge on any atom is 0.256 e. The number of anilines is 1. The van der Waals surface area contributed by atoms with Crippen molar-refractivity contribution in [3.05, 3.63) is 59.7 Å². The van der Waals surface area contributed by atoms with Crippen molar-refractivity contribution in [1.29, 1.82) is 0 Å². The van der Waals surface area contributed by atoms with Gasteiger partial charge in [0.2, 0.25) is 0 Å². The van der Waals surface area contributed by atoms with Gasteiger partial charge in [-0.15, -0.1) is 0 Å². The highest BCUT2D eigenvalue weighted by Gasteiger charge is 2.20. The highest BCUT2D eigenvalue weighted by molar-refractivity contribution is 6.12. The highest BCUT2D eigenvalue weighted by atomic mass is 16.5. The van der Waals surface area contributed by atoms with Crippen LogP contribution in [0.3, 0.4) is 0 Å². The van der Waals surface area contributed by atoms with Crippen molar-refractivity contribution in [3.63, 3.8) is 0 Å². The summed E-state index contributed by atoms with van der Waals surface area (Å²) in [6.45, 7) is 8.83. The van der Waals surface area contributed by atoms with Crippen LogP contribution in [0, 0.1) is 13.8 Å². The van der Waals surface area contributed by atoms with Crippen LogP contribution in [0.5, 0.6) is 5.75 Å². The van der Waals surface area contributed by atoms with Crippen molar-refractivity contribution in [2.75, 3.05) is 25.6 Å². The number of pyridine rings is 1. The van der Waals surface area contributed by atoms with E-state index in [4.69, 9.17) is 18.9 Å². The molecule has 0 radical (unpaired) electrons. The molecular weight excluding hydrogens is 420 g/mol. The molecule has 0 spiro atoms. The van der Waals surface area contributed by atoms with Crippen molar-refractivity contribution in [1.82, 2.24) is 14.8 Å². The first kappa shape index (κ1) is 22.5. The molecule has 0 aliphatic heterocycles. The third-order valence-electron chi connectivity index (χ3n) is 5.29. The van der Waals surface area contributed by atoms with Crippen LogP contribution in [0.15, 0.2) is 47.0 Å². The number of benzene rings is 1. The van der Waals surface area contributed by atoms with E-state index in [2.05, 4.69) is 10.4 Å². The Hall–Kier alpha value is -3.65. The van der Waals surface area contributed by atoms with E-state index in [1.54, 1.807) is 31.5 Å². The first-order chi connectivity index (χ1) is 15.9. The molecule has 8 heteroatoms. The van der Waals surface area contributed by atoms with Gasteiger partial charge in [-0.25, -0.2) is 9.67 Å². The van der Waals surface area contributed by atoms with E-state index in [1.807, 2.05) is 50.6 Å². The summed E-state index contributed by atoms with van der Waals surface area (Å²) < 4.78 is 18.1. The minimum atomic E-state index is -0.238. The zero-order chi connectivity index (χ0) is 23.5. The number of aromatic nitrogens is 3. The second kappa shape index (κ2) is 9.46. The minimum Gasteiger partial charge on any atom is -0.491 e. The van der Waals surface area contributed by atoms with Gasteiger partial charge in [-0.2, -0.15) is 5.10 Å². The van der Waals surface area contributed by atoms with Gasteiger partial charge in [0.15, 0.2) is 5.65 Å². The first-order valence-corrected chi connectivity index (χ1v) is 10.9. The predicted molar refractivity (Wildman–Crippen MR) is 127 cm³/mol. The van der Waals surface area contributed by atoms with Crippen LogP contribution in [-0.2, 0) is 4.74 Å². The summed E-state index contributed by atoms with van der Waals surface area (Å²) in [6, 6.07) is 11.1. The summed E-state index contributed by atoms with van der Waals surface area (Å²) in [4.78, 5) is 18.2. The zero-order valence-corrected chi connectivity index (χ0v) is 19.5. The number of carbonyl (C=O) groups is 1. The van der Waals surface area contributed by atoms with Crippen LogP contribution >= 0.6 is 0 Å². The largest absolute Gasteiger partial charge is 0.491 e. The summed E-state index contributed by atoms with van der Waals surface area (Å²) in [6.07, 6.45) is 1.70. The minimum absolute atomic E-state index is 0.0963. The van der Waals surface area contributed by atoms with Crippen LogP contribution in [-0.4, -0.2) is 41.0 Å². The average Bonchev–Trinajstić information content (AvgIpc) is 3.36. The zero-order valence-electron chi connectivity index (χ0n) is 19.5. The number of methoxy groups -OCH3 is 1. The second-order valence-electron chi connectivity index (χ2n) is 8.12. The molecule has 1 amide bonds. The number of nitrogens with one attached hydrogen (secondary N) is 1. The van der Waals surface area contributed by atoms with Crippen LogP contribution < -0.4 is 10.1 Å². The molecule has 0 aliphatic rings. The van der Waals surface area contributed by atoms with E-state index < -0.39 is 0 Å². The molecule has 1 aromatic carbocycles. The summed E-state index contributed by atoms with van der Waals surface area (Å²) >= 11 is 0. The van der Waals surface area contributed by atoms with E-state index in [0.717, 1.165) is 17.1 Å². The molecule has 33 heavy (non-hydrogen) atoms. The maximum absolute atomic E-state index is 13.3. The fraction of sp³-hybridized carbons (Fsp3) is 0.320. The lowest BCUT2D eigenvalue weighted by molar-refractivity contribution is 0.102. The molecule has 0 aliphatic carbocycles. The van der Waals surface area contributed by atoms with Crippen molar-refractivity contribution in [2.24, 2.45) is 0 Å². The lowest BCUT2D eigenvalue weighted by atomic mass is 10.1. The number of fused-ring (bicyclic) bond motifs is 1. The molecule has 0 atom stereocenters. The molecule has 0 saturated heterocycles. The SMILES string of the molecule is COCCOc1ccc(NC(=O)c2cc(-c3cc(C)oc3C)nc3c2cnn3C(C)C)cc1. The molecule has 0 fully saturated rings. The van der Waals surface area contributed by atoms with Crippen molar-refractivity contribution in [2.45, 2.75) is 33.7 Å². The number of furan rings is 1. The Labute approximate surface area is 192 Å². The maximum atomic E-state index is 13.3. The first-order valence-electron chi connectivity index (χ1n) is 10.9. The molecule has 0 unspecified atom stereocenters. The Morgan fingerprint density at radius 3 is 2.55 bits per heavy atom. The van der Waals surface area contributed by atoms with Gasteiger partial charge in [-0.3, -0.25) is 4.79 Å². The quantitative estimate of drug-likeness (QED) is 0.374. The molecule has 3 heterocycles. The summed E-state index contributed by atoms with van der Waals surface area (Å²) in [5.74, 6) is 2.02. The van der Waals surface area contributed by atoms with Gasteiger partial charge in [0.25, 0.3) is 5.91 Å². The second-order valence-corrected chi connectivity index (χ2v) is 8.12. The third kappa shape index (κ3) is 4.75. The number of ether oxygens (including phenoxy) is 2. The number of carbonyl (C=O) groups excluding carboxylic acids is 1. The number of hydrogen-bond donors (Lipinski definition) is 1. The van der Waals surface area contributed by atoms with Gasteiger partial charge in [-0.05, 0) is 64.1 Å². The Kier molecular flexibility index (Phi) is 6.46. The Balaban J connectivity index is 1.68. The van der Waals surface area contributed by atoms with Crippen molar-refractivity contribution in [3.8, 4) is 17.0 Å². The lowest BCUT2D eigenvalue weighted by Crippen LogP contribution is -2.13. The smallest absolute Gasteiger partial charge is 0.256 e. The number of hydrogen-bond acceptors (Lipinski definition) is 6. The molecule has 8 nitrogen and oxygen atoms in total. The fourth-order valence-electron chi connectivity index (χ4n) is 3.68. The van der Waals surface area contributed by atoms with Gasteiger partial charge in [0.05, 0.1) is 29.4 Å².